The monoisotopic (exact) mass is 376 g/mol. The first kappa shape index (κ1) is 18.4. The van der Waals surface area contributed by atoms with E-state index in [1.807, 2.05) is 6.92 Å². The molecular weight excluding hydrogens is 355 g/mol. The number of carbonyl (C=O) groups excluding carboxylic acids is 1. The van der Waals surface area contributed by atoms with Gasteiger partial charge in [0.15, 0.2) is 0 Å². The summed E-state index contributed by atoms with van der Waals surface area (Å²) in [7, 11) is -3.24. The minimum atomic E-state index is -3.24. The Morgan fingerprint density at radius 3 is 2.50 bits per heavy atom. The smallest absolute Gasteiger partial charge is 0.254 e. The van der Waals surface area contributed by atoms with Gasteiger partial charge in [-0.1, -0.05) is 12.1 Å². The summed E-state index contributed by atoms with van der Waals surface area (Å²) in [6.45, 7) is 3.13. The number of anilines is 1. The lowest BCUT2D eigenvalue weighted by atomic mass is 10.1. The van der Waals surface area contributed by atoms with Gasteiger partial charge in [-0.05, 0) is 55.3 Å². The molecule has 2 aromatic rings. The van der Waals surface area contributed by atoms with Crippen molar-refractivity contribution in [3.05, 3.63) is 65.5 Å². The third kappa shape index (κ3) is 3.88. The van der Waals surface area contributed by atoms with E-state index < -0.39 is 10.0 Å². The Morgan fingerprint density at radius 1 is 1.19 bits per heavy atom. The Hall–Kier alpha value is -2.41. The van der Waals surface area contributed by atoms with Crippen LogP contribution in [0.1, 0.15) is 29.3 Å². The van der Waals surface area contributed by atoms with Crippen LogP contribution in [0.25, 0.3) is 0 Å². The van der Waals surface area contributed by atoms with E-state index in [2.05, 4.69) is 0 Å². The van der Waals surface area contributed by atoms with Gasteiger partial charge in [0.05, 0.1) is 11.4 Å². The topological polar surface area (TPSA) is 57.7 Å². The molecular formula is C19H21FN2O3S. The first-order valence-corrected chi connectivity index (χ1v) is 10.2. The number of hydrogen-bond acceptors (Lipinski definition) is 3. The predicted octanol–water partition coefficient (Wildman–Crippen LogP) is 3.03. The summed E-state index contributed by atoms with van der Waals surface area (Å²) in [6.07, 6.45) is 0.611. The van der Waals surface area contributed by atoms with E-state index >= 15 is 0 Å². The van der Waals surface area contributed by atoms with Crippen LogP contribution >= 0.6 is 0 Å². The minimum absolute atomic E-state index is 0.158. The zero-order valence-electron chi connectivity index (χ0n) is 14.6. The number of benzene rings is 2. The lowest BCUT2D eigenvalue weighted by Crippen LogP contribution is -2.30. The van der Waals surface area contributed by atoms with Crippen LogP contribution in [0.2, 0.25) is 0 Å². The first-order valence-electron chi connectivity index (χ1n) is 8.55. The van der Waals surface area contributed by atoms with E-state index in [9.17, 15) is 17.6 Å². The minimum Gasteiger partial charge on any atom is -0.335 e. The van der Waals surface area contributed by atoms with E-state index in [0.717, 1.165) is 5.56 Å². The molecule has 0 aromatic heterocycles. The number of rotatable bonds is 5. The SMILES string of the molecule is CCN(Cc1cccc(F)c1)C(=O)c1ccc(N2CCCS2(=O)=O)cc1. The number of nitrogens with zero attached hydrogens (tertiary/aromatic N) is 2. The summed E-state index contributed by atoms with van der Waals surface area (Å²) in [4.78, 5) is 14.3. The van der Waals surface area contributed by atoms with Crippen LogP contribution in [0.5, 0.6) is 0 Å². The van der Waals surface area contributed by atoms with Crippen LogP contribution < -0.4 is 4.31 Å². The van der Waals surface area contributed by atoms with E-state index in [1.54, 1.807) is 41.3 Å². The fourth-order valence-corrected chi connectivity index (χ4v) is 4.63. The Kier molecular flexibility index (Phi) is 5.27. The number of carbonyl (C=O) groups is 1. The molecule has 2 aromatic carbocycles. The molecule has 7 heteroatoms. The van der Waals surface area contributed by atoms with Crippen molar-refractivity contribution in [2.75, 3.05) is 23.1 Å². The standard InChI is InChI=1S/C19H21FN2O3S/c1-2-21(14-15-5-3-6-17(20)13-15)19(23)16-7-9-18(10-8-16)22-11-4-12-26(22,24)25/h3,5-10,13H,2,4,11-12,14H2,1H3. The number of halogens is 1. The molecule has 26 heavy (non-hydrogen) atoms. The molecule has 1 aliphatic rings. The highest BCUT2D eigenvalue weighted by Gasteiger charge is 2.28. The summed E-state index contributed by atoms with van der Waals surface area (Å²) in [5.74, 6) is -0.347. The van der Waals surface area contributed by atoms with Crippen LogP contribution in [0, 0.1) is 5.82 Å². The van der Waals surface area contributed by atoms with Gasteiger partial charge in [-0.2, -0.15) is 0 Å². The number of amides is 1. The number of hydrogen-bond donors (Lipinski definition) is 0. The molecule has 1 amide bonds. The highest BCUT2D eigenvalue weighted by molar-refractivity contribution is 7.93. The van der Waals surface area contributed by atoms with Gasteiger partial charge in [-0.25, -0.2) is 12.8 Å². The second-order valence-corrected chi connectivity index (χ2v) is 8.25. The van der Waals surface area contributed by atoms with Crippen LogP contribution in [-0.4, -0.2) is 38.1 Å². The van der Waals surface area contributed by atoms with E-state index in [4.69, 9.17) is 0 Å². The highest BCUT2D eigenvalue weighted by Crippen LogP contribution is 2.24. The van der Waals surface area contributed by atoms with Gasteiger partial charge in [0.1, 0.15) is 5.82 Å². The van der Waals surface area contributed by atoms with Crippen molar-refractivity contribution in [3.8, 4) is 0 Å². The van der Waals surface area contributed by atoms with Gasteiger partial charge < -0.3 is 4.90 Å². The molecule has 0 N–H and O–H groups in total. The second-order valence-electron chi connectivity index (χ2n) is 6.24. The molecule has 1 fully saturated rings. The molecule has 0 bridgehead atoms. The Labute approximate surface area is 153 Å². The Bertz CT molecular complexity index is 897. The molecule has 0 saturated carbocycles. The fourth-order valence-electron chi connectivity index (χ4n) is 3.07. The van der Waals surface area contributed by atoms with Crippen molar-refractivity contribution in [3.63, 3.8) is 0 Å². The van der Waals surface area contributed by atoms with Gasteiger partial charge in [-0.15, -0.1) is 0 Å². The maximum absolute atomic E-state index is 13.3. The van der Waals surface area contributed by atoms with Gasteiger partial charge >= 0.3 is 0 Å². The number of sulfonamides is 1. The summed E-state index contributed by atoms with van der Waals surface area (Å²) in [5.41, 5.74) is 1.77. The molecule has 1 saturated heterocycles. The summed E-state index contributed by atoms with van der Waals surface area (Å²) in [6, 6.07) is 12.8. The zero-order chi connectivity index (χ0) is 18.7. The molecule has 138 valence electrons. The van der Waals surface area contributed by atoms with Gasteiger partial charge in [0.25, 0.3) is 5.91 Å². The molecule has 1 aliphatic heterocycles. The third-order valence-electron chi connectivity index (χ3n) is 4.43. The molecule has 0 unspecified atom stereocenters. The van der Waals surface area contributed by atoms with Crippen molar-refractivity contribution < 1.29 is 17.6 Å². The zero-order valence-corrected chi connectivity index (χ0v) is 15.4. The lowest BCUT2D eigenvalue weighted by Gasteiger charge is -2.22. The average Bonchev–Trinajstić information content (AvgIpc) is 2.98. The van der Waals surface area contributed by atoms with Gasteiger partial charge in [0.2, 0.25) is 10.0 Å². The van der Waals surface area contributed by atoms with Crippen LogP contribution in [-0.2, 0) is 16.6 Å². The van der Waals surface area contributed by atoms with Crippen molar-refractivity contribution in [2.45, 2.75) is 19.9 Å². The average molecular weight is 376 g/mol. The van der Waals surface area contributed by atoms with E-state index in [1.165, 1.54) is 16.4 Å². The van der Waals surface area contributed by atoms with Crippen molar-refractivity contribution >= 4 is 21.6 Å². The summed E-state index contributed by atoms with van der Waals surface area (Å²) < 4.78 is 38.7. The molecule has 0 radical (unpaired) electrons. The molecule has 0 aliphatic carbocycles. The van der Waals surface area contributed by atoms with E-state index in [0.29, 0.717) is 37.3 Å². The Balaban J connectivity index is 1.76. The molecule has 0 atom stereocenters. The molecule has 5 nitrogen and oxygen atoms in total. The maximum atomic E-state index is 13.3. The van der Waals surface area contributed by atoms with Crippen LogP contribution in [0.15, 0.2) is 48.5 Å². The van der Waals surface area contributed by atoms with Crippen molar-refractivity contribution in [2.24, 2.45) is 0 Å². The lowest BCUT2D eigenvalue weighted by molar-refractivity contribution is 0.0752. The quantitative estimate of drug-likeness (QED) is 0.806. The Morgan fingerprint density at radius 2 is 1.92 bits per heavy atom. The predicted molar refractivity (Wildman–Crippen MR) is 99.0 cm³/mol. The largest absolute Gasteiger partial charge is 0.335 e. The third-order valence-corrected chi connectivity index (χ3v) is 6.30. The summed E-state index contributed by atoms with van der Waals surface area (Å²) >= 11 is 0. The van der Waals surface area contributed by atoms with Crippen LogP contribution in [0.3, 0.4) is 0 Å². The highest BCUT2D eigenvalue weighted by atomic mass is 32.2. The van der Waals surface area contributed by atoms with E-state index in [-0.39, 0.29) is 17.5 Å². The first-order chi connectivity index (χ1) is 12.4. The molecule has 1 heterocycles. The van der Waals surface area contributed by atoms with Crippen molar-refractivity contribution in [1.82, 2.24) is 4.90 Å². The summed E-state index contributed by atoms with van der Waals surface area (Å²) in [5, 5.41) is 0. The maximum Gasteiger partial charge on any atom is 0.254 e. The molecule has 3 rings (SSSR count). The van der Waals surface area contributed by atoms with Crippen molar-refractivity contribution in [1.29, 1.82) is 0 Å². The molecule has 0 spiro atoms. The van der Waals surface area contributed by atoms with Gasteiger partial charge in [-0.3, -0.25) is 9.10 Å². The van der Waals surface area contributed by atoms with Crippen LogP contribution in [0.4, 0.5) is 10.1 Å². The van der Waals surface area contributed by atoms with Gasteiger partial charge in [0, 0.05) is 25.2 Å². The fraction of sp³-hybridized carbons (Fsp3) is 0.316. The second kappa shape index (κ2) is 7.45. The normalized spacial score (nSPS) is 15.8.